The molecule has 0 aromatic rings. The molecule has 0 aliphatic heterocycles. The Morgan fingerprint density at radius 1 is 0.517 bits per heavy atom. The van der Waals surface area contributed by atoms with Crippen molar-refractivity contribution in [3.8, 4) is 0 Å². The van der Waals surface area contributed by atoms with Crippen LogP contribution in [0.1, 0.15) is 142 Å². The first kappa shape index (κ1) is 31.4. The van der Waals surface area contributed by atoms with Crippen LogP contribution in [0.3, 0.4) is 0 Å². The molecule has 1 atom stereocenters. The van der Waals surface area contributed by atoms with E-state index in [2.05, 4.69) is 21.0 Å². The van der Waals surface area contributed by atoms with Gasteiger partial charge in [-0.15, -0.1) is 0 Å². The van der Waals surface area contributed by atoms with Gasteiger partial charge in [0.2, 0.25) is 0 Å². The first-order chi connectivity index (χ1) is 13.5. The van der Waals surface area contributed by atoms with Crippen molar-refractivity contribution in [1.29, 1.82) is 0 Å². The number of rotatable bonds is 22. The second-order valence-electron chi connectivity index (χ2n) is 9.85. The molecule has 0 saturated carbocycles. The molecule has 0 fully saturated rings. The second-order valence-corrected chi connectivity index (χ2v) is 9.85. The fourth-order valence-electron chi connectivity index (χ4n) is 3.96. The van der Waals surface area contributed by atoms with Crippen LogP contribution in [-0.4, -0.2) is 36.5 Å². The van der Waals surface area contributed by atoms with E-state index < -0.39 is 0 Å². The average molecular weight is 434 g/mol. The summed E-state index contributed by atoms with van der Waals surface area (Å²) in [5.74, 6) is 0. The first-order valence-electron chi connectivity index (χ1n) is 13.0. The Balaban J connectivity index is 0. The minimum atomic E-state index is -0.250. The molecule has 0 saturated heterocycles. The van der Waals surface area contributed by atoms with Crippen molar-refractivity contribution in [2.45, 2.75) is 148 Å². The summed E-state index contributed by atoms with van der Waals surface area (Å²) in [7, 11) is 4.25. The summed E-state index contributed by atoms with van der Waals surface area (Å²) in [5, 5.41) is 9.71. The average Bonchev–Trinajstić information content (AvgIpc) is 2.66. The van der Waals surface area contributed by atoms with Crippen LogP contribution in [0, 0.1) is 0 Å². The highest BCUT2D eigenvalue weighted by atomic mass is 35.5. The molecular weight excluding hydrogens is 378 g/mol. The van der Waals surface area contributed by atoms with Gasteiger partial charge < -0.3 is 22.0 Å². The summed E-state index contributed by atoms with van der Waals surface area (Å²) in [6.45, 7) is 5.29. The molecule has 0 bridgehead atoms. The van der Waals surface area contributed by atoms with E-state index in [-0.39, 0.29) is 18.6 Å². The summed E-state index contributed by atoms with van der Waals surface area (Å²) in [6, 6.07) is 0. The molecule has 0 heterocycles. The van der Waals surface area contributed by atoms with Crippen LogP contribution in [0.15, 0.2) is 0 Å². The molecule has 0 radical (unpaired) electrons. The number of hydrogen-bond acceptors (Lipinski definition) is 1. The number of halogens is 1. The normalized spacial score (nSPS) is 12.7. The van der Waals surface area contributed by atoms with Gasteiger partial charge in [-0.05, 0) is 12.8 Å². The Hall–Kier alpha value is 0.210. The van der Waals surface area contributed by atoms with Crippen molar-refractivity contribution in [1.82, 2.24) is 0 Å². The minimum absolute atomic E-state index is 0. The van der Waals surface area contributed by atoms with Gasteiger partial charge in [-0.1, -0.05) is 122 Å². The van der Waals surface area contributed by atoms with Crippen molar-refractivity contribution in [2.75, 3.05) is 20.6 Å². The lowest BCUT2D eigenvalue weighted by atomic mass is 10.0. The van der Waals surface area contributed by atoms with Crippen LogP contribution in [0.25, 0.3) is 0 Å². The van der Waals surface area contributed by atoms with Crippen LogP contribution < -0.4 is 12.4 Å². The summed E-state index contributed by atoms with van der Waals surface area (Å²) in [4.78, 5) is 0. The summed E-state index contributed by atoms with van der Waals surface area (Å²) < 4.78 is 0.735. The van der Waals surface area contributed by atoms with E-state index in [0.29, 0.717) is 0 Å². The number of aliphatic hydroxyl groups excluding tert-OH is 1. The number of unbranched alkanes of at least 4 members (excludes halogenated alkanes) is 19. The van der Waals surface area contributed by atoms with Crippen molar-refractivity contribution in [3.05, 3.63) is 0 Å². The van der Waals surface area contributed by atoms with Gasteiger partial charge in [0.1, 0.15) is 0 Å². The van der Waals surface area contributed by atoms with Crippen molar-refractivity contribution in [2.24, 2.45) is 0 Å². The summed E-state index contributed by atoms with van der Waals surface area (Å²) in [6.07, 6.45) is 28.3. The Labute approximate surface area is 191 Å². The molecule has 0 aliphatic carbocycles. The Morgan fingerprint density at radius 2 is 0.759 bits per heavy atom. The maximum atomic E-state index is 9.71. The second kappa shape index (κ2) is 22.9. The molecule has 2 nitrogen and oxygen atoms in total. The van der Waals surface area contributed by atoms with E-state index >= 15 is 0 Å². The lowest BCUT2D eigenvalue weighted by molar-refractivity contribution is -0.934. The molecule has 178 valence electrons. The highest BCUT2D eigenvalue weighted by molar-refractivity contribution is 4.51. The highest BCUT2D eigenvalue weighted by Gasteiger charge is 2.20. The summed E-state index contributed by atoms with van der Waals surface area (Å²) in [5.41, 5.74) is 0. The predicted octanol–water partition coefficient (Wildman–Crippen LogP) is 5.23. The lowest BCUT2D eigenvalue weighted by Gasteiger charge is -2.32. The molecule has 1 unspecified atom stereocenters. The topological polar surface area (TPSA) is 20.2 Å². The van der Waals surface area contributed by atoms with E-state index in [0.717, 1.165) is 11.0 Å². The quantitative estimate of drug-likeness (QED) is 0.141. The third-order valence-corrected chi connectivity index (χ3v) is 6.60. The van der Waals surface area contributed by atoms with Gasteiger partial charge >= 0.3 is 0 Å². The van der Waals surface area contributed by atoms with Gasteiger partial charge in [-0.2, -0.15) is 0 Å². The molecule has 3 heteroatoms. The van der Waals surface area contributed by atoms with Gasteiger partial charge in [0.25, 0.3) is 0 Å². The molecule has 0 aromatic carbocycles. The number of hydrogen-bond donors (Lipinski definition) is 1. The Kier molecular flexibility index (Phi) is 24.8. The van der Waals surface area contributed by atoms with E-state index in [4.69, 9.17) is 0 Å². The molecule has 29 heavy (non-hydrogen) atoms. The third kappa shape index (κ3) is 22.7. The molecule has 0 aromatic heterocycles. The lowest BCUT2D eigenvalue weighted by Crippen LogP contribution is -3.00. The minimum Gasteiger partial charge on any atom is -1.00 e. The number of aliphatic hydroxyl groups is 1. The van der Waals surface area contributed by atoms with Gasteiger partial charge in [0.15, 0.2) is 6.23 Å². The van der Waals surface area contributed by atoms with Crippen LogP contribution >= 0.6 is 0 Å². The van der Waals surface area contributed by atoms with Crippen molar-refractivity contribution in [3.63, 3.8) is 0 Å². The maximum Gasteiger partial charge on any atom is 0.187 e. The first-order valence-corrected chi connectivity index (χ1v) is 13.0. The molecule has 0 aliphatic rings. The maximum absolute atomic E-state index is 9.71. The smallest absolute Gasteiger partial charge is 0.187 e. The van der Waals surface area contributed by atoms with E-state index in [1.807, 2.05) is 6.92 Å². The fraction of sp³-hybridized carbons (Fsp3) is 1.00. The van der Waals surface area contributed by atoms with Crippen molar-refractivity contribution >= 4 is 0 Å². The van der Waals surface area contributed by atoms with Gasteiger partial charge in [0.05, 0.1) is 20.6 Å². The molecular formula is C26H56ClNO. The van der Waals surface area contributed by atoms with Crippen LogP contribution in [0.5, 0.6) is 0 Å². The van der Waals surface area contributed by atoms with E-state index in [9.17, 15) is 5.11 Å². The van der Waals surface area contributed by atoms with Crippen LogP contribution in [-0.2, 0) is 0 Å². The summed E-state index contributed by atoms with van der Waals surface area (Å²) >= 11 is 0. The van der Waals surface area contributed by atoms with Crippen LogP contribution in [0.2, 0.25) is 0 Å². The van der Waals surface area contributed by atoms with E-state index in [1.165, 1.54) is 128 Å². The zero-order chi connectivity index (χ0) is 20.9. The fourth-order valence-corrected chi connectivity index (χ4v) is 3.96. The standard InChI is InChI=1S/C26H56NO.ClH/c1-5-6-7-8-9-10-11-12-13-14-15-16-17-18-19-20-21-22-23-24-25-27(3,4)26(2)28;/h26,28H,5-25H2,1-4H3;1H/q+1;/p-1. The SMILES string of the molecule is CCCCCCCCCCCCCCCCCCCCCC[N+](C)(C)C(C)O.[Cl-]. The zero-order valence-electron chi connectivity index (χ0n) is 20.7. The third-order valence-electron chi connectivity index (χ3n) is 6.60. The number of quaternary nitrogens is 1. The van der Waals surface area contributed by atoms with Gasteiger partial charge in [0, 0.05) is 6.92 Å². The highest BCUT2D eigenvalue weighted by Crippen LogP contribution is 2.15. The zero-order valence-corrected chi connectivity index (χ0v) is 21.5. The van der Waals surface area contributed by atoms with Gasteiger partial charge in [-0.25, -0.2) is 0 Å². The Bertz CT molecular complexity index is 307. The molecule has 1 N–H and O–H groups in total. The van der Waals surface area contributed by atoms with E-state index in [1.54, 1.807) is 0 Å². The predicted molar refractivity (Wildman–Crippen MR) is 127 cm³/mol. The monoisotopic (exact) mass is 433 g/mol. The Morgan fingerprint density at radius 3 is 1.00 bits per heavy atom. The molecule has 0 spiro atoms. The van der Waals surface area contributed by atoms with Crippen molar-refractivity contribution < 1.29 is 22.0 Å². The molecule has 0 rings (SSSR count). The largest absolute Gasteiger partial charge is 1.00 e. The molecule has 0 amide bonds. The number of nitrogens with zero attached hydrogens (tertiary/aromatic N) is 1. The van der Waals surface area contributed by atoms with Gasteiger partial charge in [-0.3, -0.25) is 0 Å². The van der Waals surface area contributed by atoms with Crippen LogP contribution in [0.4, 0.5) is 0 Å².